The number of nitrogens with zero attached hydrogens (tertiary/aromatic N) is 1. The first-order valence-corrected chi connectivity index (χ1v) is 9.97. The molecule has 0 amide bonds. The van der Waals surface area contributed by atoms with Gasteiger partial charge in [0.25, 0.3) is 0 Å². The van der Waals surface area contributed by atoms with E-state index in [9.17, 15) is 5.11 Å². The summed E-state index contributed by atoms with van der Waals surface area (Å²) in [5, 5.41) is 11.8. The lowest BCUT2D eigenvalue weighted by atomic mass is 9.76. The van der Waals surface area contributed by atoms with Crippen molar-refractivity contribution >= 4 is 31.9 Å². The van der Waals surface area contributed by atoms with Crippen LogP contribution in [0.15, 0.2) is 57.5 Å². The molecule has 0 radical (unpaired) electrons. The van der Waals surface area contributed by atoms with Crippen molar-refractivity contribution in [2.45, 2.75) is 26.4 Å². The van der Waals surface area contributed by atoms with E-state index in [1.165, 1.54) is 0 Å². The molecule has 2 aromatic carbocycles. The lowest BCUT2D eigenvalue weighted by molar-refractivity contribution is 0.00869. The van der Waals surface area contributed by atoms with Gasteiger partial charge < -0.3 is 10.0 Å². The molecule has 1 atom stereocenters. The van der Waals surface area contributed by atoms with Crippen molar-refractivity contribution in [2.24, 2.45) is 5.92 Å². The van der Waals surface area contributed by atoms with E-state index in [-0.39, 0.29) is 5.92 Å². The highest BCUT2D eigenvalue weighted by Crippen LogP contribution is 2.38. The van der Waals surface area contributed by atoms with Crippen LogP contribution in [0.25, 0.3) is 0 Å². The third-order valence-electron chi connectivity index (χ3n) is 4.71. The van der Waals surface area contributed by atoms with Gasteiger partial charge in [-0.3, -0.25) is 0 Å². The van der Waals surface area contributed by atoms with Crippen molar-refractivity contribution in [1.29, 1.82) is 0 Å². The second kappa shape index (κ2) is 8.61. The number of aliphatic hydroxyl groups is 1. The number of benzene rings is 2. The highest BCUT2D eigenvalue weighted by Gasteiger charge is 2.38. The fourth-order valence-corrected chi connectivity index (χ4v) is 3.67. The van der Waals surface area contributed by atoms with Gasteiger partial charge in [-0.25, -0.2) is 0 Å². The Morgan fingerprint density at radius 2 is 1.25 bits per heavy atom. The molecule has 4 heteroatoms. The van der Waals surface area contributed by atoms with Crippen LogP contribution in [0.5, 0.6) is 0 Å². The molecule has 2 aromatic rings. The Morgan fingerprint density at radius 3 is 1.58 bits per heavy atom. The molecule has 0 aliphatic heterocycles. The lowest BCUT2D eigenvalue weighted by Crippen LogP contribution is -2.42. The molecular formula is C20H25Br2NO. The van der Waals surface area contributed by atoms with Crippen molar-refractivity contribution in [2.75, 3.05) is 19.6 Å². The maximum absolute atomic E-state index is 11.8. The van der Waals surface area contributed by atoms with Crippen LogP contribution >= 0.6 is 31.9 Å². The van der Waals surface area contributed by atoms with E-state index in [1.807, 2.05) is 48.5 Å². The van der Waals surface area contributed by atoms with Crippen LogP contribution in [0.3, 0.4) is 0 Å². The summed E-state index contributed by atoms with van der Waals surface area (Å²) in [4.78, 5) is 2.35. The van der Waals surface area contributed by atoms with Crippen molar-refractivity contribution < 1.29 is 5.11 Å². The first-order valence-electron chi connectivity index (χ1n) is 8.38. The molecule has 24 heavy (non-hydrogen) atoms. The van der Waals surface area contributed by atoms with Crippen molar-refractivity contribution in [3.8, 4) is 0 Å². The zero-order chi connectivity index (χ0) is 17.7. The smallest absolute Gasteiger partial charge is 0.118 e. The van der Waals surface area contributed by atoms with Gasteiger partial charge in [-0.2, -0.15) is 0 Å². The van der Waals surface area contributed by atoms with Crippen molar-refractivity contribution in [3.05, 3.63) is 68.6 Å². The van der Waals surface area contributed by atoms with Gasteiger partial charge in [-0.15, -0.1) is 0 Å². The minimum Gasteiger partial charge on any atom is -0.380 e. The van der Waals surface area contributed by atoms with Crippen molar-refractivity contribution in [3.63, 3.8) is 0 Å². The van der Waals surface area contributed by atoms with E-state index in [0.717, 1.165) is 39.7 Å². The van der Waals surface area contributed by atoms with Crippen LogP contribution in [-0.4, -0.2) is 29.6 Å². The van der Waals surface area contributed by atoms with Crippen LogP contribution in [0, 0.1) is 5.92 Å². The largest absolute Gasteiger partial charge is 0.380 e. The van der Waals surface area contributed by atoms with Gasteiger partial charge >= 0.3 is 0 Å². The van der Waals surface area contributed by atoms with Gasteiger partial charge in [0.05, 0.1) is 0 Å². The molecule has 0 fully saturated rings. The molecule has 2 nitrogen and oxygen atoms in total. The minimum absolute atomic E-state index is 0.0553. The maximum atomic E-state index is 11.8. The minimum atomic E-state index is -1.02. The quantitative estimate of drug-likeness (QED) is 0.603. The maximum Gasteiger partial charge on any atom is 0.118 e. The topological polar surface area (TPSA) is 23.5 Å². The number of hydrogen-bond donors (Lipinski definition) is 1. The Kier molecular flexibility index (Phi) is 7.05. The van der Waals surface area contributed by atoms with E-state index in [1.54, 1.807) is 0 Å². The van der Waals surface area contributed by atoms with Crippen molar-refractivity contribution in [1.82, 2.24) is 4.90 Å². The molecular weight excluding hydrogens is 430 g/mol. The highest BCUT2D eigenvalue weighted by molar-refractivity contribution is 9.10. The summed E-state index contributed by atoms with van der Waals surface area (Å²) in [6.45, 7) is 9.26. The Labute approximate surface area is 162 Å². The zero-order valence-corrected chi connectivity index (χ0v) is 17.6. The Balaban J connectivity index is 2.47. The number of rotatable bonds is 7. The van der Waals surface area contributed by atoms with Gasteiger partial charge in [0, 0.05) is 21.4 Å². The monoisotopic (exact) mass is 453 g/mol. The van der Waals surface area contributed by atoms with Crippen LogP contribution in [0.4, 0.5) is 0 Å². The molecule has 0 saturated heterocycles. The molecule has 130 valence electrons. The Morgan fingerprint density at radius 1 is 0.875 bits per heavy atom. The Hall–Kier alpha value is -0.680. The average molecular weight is 455 g/mol. The lowest BCUT2D eigenvalue weighted by Gasteiger charge is -2.38. The zero-order valence-electron chi connectivity index (χ0n) is 14.5. The summed E-state index contributed by atoms with van der Waals surface area (Å²) in [6.07, 6.45) is 0. The Bertz CT molecular complexity index is 590. The van der Waals surface area contributed by atoms with Gasteiger partial charge in [0.2, 0.25) is 0 Å². The molecule has 0 aliphatic rings. The van der Waals surface area contributed by atoms with Crippen LogP contribution in [0.2, 0.25) is 0 Å². The van der Waals surface area contributed by atoms with Gasteiger partial charge in [0.1, 0.15) is 5.60 Å². The van der Waals surface area contributed by atoms with E-state index in [0.29, 0.717) is 0 Å². The molecule has 0 aromatic heterocycles. The van der Waals surface area contributed by atoms with E-state index in [4.69, 9.17) is 0 Å². The summed E-state index contributed by atoms with van der Waals surface area (Å²) < 4.78 is 2.03. The molecule has 1 unspecified atom stereocenters. The molecule has 0 spiro atoms. The standard InChI is InChI=1S/C20H25Br2NO/c1-4-23(5-2)14-15(3)20(24,16-6-10-18(21)11-7-16)17-8-12-19(22)13-9-17/h6-13,15,24H,4-5,14H2,1-3H3. The third kappa shape index (κ3) is 4.29. The second-order valence-electron chi connectivity index (χ2n) is 6.17. The van der Waals surface area contributed by atoms with E-state index >= 15 is 0 Å². The average Bonchev–Trinajstić information content (AvgIpc) is 2.60. The fraction of sp³-hybridized carbons (Fsp3) is 0.400. The normalized spacial score (nSPS) is 13.3. The molecule has 0 aliphatic carbocycles. The third-order valence-corrected chi connectivity index (χ3v) is 5.77. The summed E-state index contributed by atoms with van der Waals surface area (Å²) in [5.74, 6) is 0.0553. The second-order valence-corrected chi connectivity index (χ2v) is 8.00. The summed E-state index contributed by atoms with van der Waals surface area (Å²) >= 11 is 6.96. The van der Waals surface area contributed by atoms with Crippen LogP contribution < -0.4 is 0 Å². The van der Waals surface area contributed by atoms with Gasteiger partial charge in [-0.05, 0) is 48.5 Å². The highest BCUT2D eigenvalue weighted by atomic mass is 79.9. The SMILES string of the molecule is CCN(CC)CC(C)C(O)(c1ccc(Br)cc1)c1ccc(Br)cc1. The van der Waals surface area contributed by atoms with Crippen LogP contribution in [0.1, 0.15) is 31.9 Å². The molecule has 0 heterocycles. The first kappa shape index (κ1) is 19.6. The summed E-state index contributed by atoms with van der Waals surface area (Å²) in [6, 6.07) is 16.0. The fourth-order valence-electron chi connectivity index (χ4n) is 3.14. The summed E-state index contributed by atoms with van der Waals surface area (Å²) in [5.41, 5.74) is 0.824. The molecule has 0 bridgehead atoms. The predicted molar refractivity (Wildman–Crippen MR) is 108 cm³/mol. The predicted octanol–water partition coefficient (Wildman–Crippen LogP) is 5.43. The molecule has 0 saturated carbocycles. The van der Waals surface area contributed by atoms with E-state index < -0.39 is 5.60 Å². The van der Waals surface area contributed by atoms with Gasteiger partial charge in [-0.1, -0.05) is 76.9 Å². The molecule has 2 rings (SSSR count). The van der Waals surface area contributed by atoms with Gasteiger partial charge in [0.15, 0.2) is 0 Å². The van der Waals surface area contributed by atoms with Crippen LogP contribution in [-0.2, 0) is 5.60 Å². The van der Waals surface area contributed by atoms with E-state index in [2.05, 4.69) is 57.5 Å². The summed E-state index contributed by atoms with van der Waals surface area (Å²) in [7, 11) is 0. The number of halogens is 2. The first-order chi connectivity index (χ1) is 11.4. The molecule has 1 N–H and O–H groups in total. The number of hydrogen-bond acceptors (Lipinski definition) is 2.